The molecule has 24 heavy (non-hydrogen) atoms. The van der Waals surface area contributed by atoms with E-state index in [4.69, 9.17) is 5.73 Å². The summed E-state index contributed by atoms with van der Waals surface area (Å²) in [5.41, 5.74) is 5.44. The number of hydrogen-bond acceptors (Lipinski definition) is 5. The van der Waals surface area contributed by atoms with Gasteiger partial charge in [0.15, 0.2) is 0 Å². The fourth-order valence-electron chi connectivity index (χ4n) is 2.06. The summed E-state index contributed by atoms with van der Waals surface area (Å²) in [7, 11) is 0. The highest BCUT2D eigenvalue weighted by Crippen LogP contribution is 2.20. The van der Waals surface area contributed by atoms with Crippen molar-refractivity contribution in [3.8, 4) is 5.69 Å². The van der Waals surface area contributed by atoms with E-state index in [1.54, 1.807) is 24.3 Å². The molecule has 0 saturated heterocycles. The molecular formula is C15H20N6O3. The lowest BCUT2D eigenvalue weighted by molar-refractivity contribution is -0.119. The first-order valence-electron chi connectivity index (χ1n) is 7.37. The fraction of sp³-hybridized carbons (Fsp3) is 0.400. The van der Waals surface area contributed by atoms with Crippen LogP contribution in [0.5, 0.6) is 0 Å². The Morgan fingerprint density at radius 2 is 1.79 bits per heavy atom. The smallest absolute Gasteiger partial charge is 0.368 e. The van der Waals surface area contributed by atoms with E-state index in [1.807, 2.05) is 20.8 Å². The van der Waals surface area contributed by atoms with Crippen LogP contribution in [0.4, 0.5) is 5.69 Å². The van der Waals surface area contributed by atoms with Crippen LogP contribution in [-0.4, -0.2) is 31.6 Å². The number of tetrazole rings is 1. The molecule has 0 fully saturated rings. The highest BCUT2D eigenvalue weighted by Gasteiger charge is 2.16. The minimum Gasteiger partial charge on any atom is -0.368 e. The van der Waals surface area contributed by atoms with Crippen molar-refractivity contribution in [2.75, 3.05) is 5.32 Å². The molecule has 1 aromatic heterocycles. The van der Waals surface area contributed by atoms with Crippen molar-refractivity contribution in [3.05, 3.63) is 34.7 Å². The second kappa shape index (κ2) is 6.65. The monoisotopic (exact) mass is 332 g/mol. The van der Waals surface area contributed by atoms with Crippen molar-refractivity contribution < 1.29 is 9.59 Å². The van der Waals surface area contributed by atoms with E-state index >= 15 is 0 Å². The van der Waals surface area contributed by atoms with Gasteiger partial charge in [0.25, 0.3) is 0 Å². The first kappa shape index (κ1) is 17.4. The maximum Gasteiger partial charge on any atom is 0.368 e. The number of nitrogens with zero attached hydrogens (tertiary/aromatic N) is 4. The molecule has 0 aliphatic carbocycles. The van der Waals surface area contributed by atoms with E-state index in [0.717, 1.165) is 9.36 Å². The Bertz CT molecular complexity index is 798. The summed E-state index contributed by atoms with van der Waals surface area (Å²) < 4.78 is 1.92. The van der Waals surface area contributed by atoms with Gasteiger partial charge in [0.05, 0.1) is 5.69 Å². The van der Waals surface area contributed by atoms with E-state index in [9.17, 15) is 14.4 Å². The van der Waals surface area contributed by atoms with Gasteiger partial charge in [-0.2, -0.15) is 9.36 Å². The van der Waals surface area contributed by atoms with E-state index in [0.29, 0.717) is 17.8 Å². The number of amides is 2. The molecule has 0 saturated carbocycles. The summed E-state index contributed by atoms with van der Waals surface area (Å²) in [6.07, 6.45) is 0.398. The molecule has 1 aromatic carbocycles. The van der Waals surface area contributed by atoms with Crippen LogP contribution < -0.4 is 16.7 Å². The second-order valence-electron chi connectivity index (χ2n) is 6.63. The molecule has 0 radical (unpaired) electrons. The lowest BCUT2D eigenvalue weighted by Crippen LogP contribution is -2.30. The average molecular weight is 332 g/mol. The van der Waals surface area contributed by atoms with Crippen LogP contribution in [-0.2, 0) is 16.1 Å². The minimum atomic E-state index is -0.680. The van der Waals surface area contributed by atoms with E-state index < -0.39 is 11.6 Å². The zero-order valence-corrected chi connectivity index (χ0v) is 13.8. The number of nitrogens with one attached hydrogen (secondary N) is 1. The molecule has 9 nitrogen and oxygen atoms in total. The Labute approximate surface area is 138 Å². The molecule has 2 aromatic rings. The Hall–Kier alpha value is -2.97. The number of primary amides is 1. The van der Waals surface area contributed by atoms with Gasteiger partial charge >= 0.3 is 5.69 Å². The molecule has 2 rings (SSSR count). The van der Waals surface area contributed by atoms with E-state index in [-0.39, 0.29) is 17.9 Å². The largest absolute Gasteiger partial charge is 0.368 e. The summed E-state index contributed by atoms with van der Waals surface area (Å²) >= 11 is 0. The summed E-state index contributed by atoms with van der Waals surface area (Å²) in [6.45, 7) is 5.62. The standard InChI is InChI=1S/C15H20N6O3/c1-15(2,3)8-13(23)17-10-4-6-11(7-5-10)21-14(24)20(18-19-21)9-12(16)22/h4-7H,8-9H2,1-3H3,(H2,16,22)(H,17,23). The normalized spacial score (nSPS) is 11.3. The number of carbonyl (C=O) groups is 2. The van der Waals surface area contributed by atoms with Crippen molar-refractivity contribution in [2.24, 2.45) is 11.1 Å². The fourth-order valence-corrected chi connectivity index (χ4v) is 2.06. The molecule has 0 spiro atoms. The number of aromatic nitrogens is 4. The van der Waals surface area contributed by atoms with E-state index in [1.165, 1.54) is 0 Å². The van der Waals surface area contributed by atoms with Crippen LogP contribution in [0.1, 0.15) is 27.2 Å². The third-order valence-corrected chi connectivity index (χ3v) is 3.03. The summed E-state index contributed by atoms with van der Waals surface area (Å²) in [5, 5.41) is 10.1. The zero-order valence-electron chi connectivity index (χ0n) is 13.8. The number of hydrogen-bond donors (Lipinski definition) is 2. The minimum absolute atomic E-state index is 0.0835. The van der Waals surface area contributed by atoms with Crippen molar-refractivity contribution in [1.29, 1.82) is 0 Å². The number of carbonyl (C=O) groups excluding carboxylic acids is 2. The third-order valence-electron chi connectivity index (χ3n) is 3.03. The van der Waals surface area contributed by atoms with Crippen LogP contribution in [0, 0.1) is 5.41 Å². The highest BCUT2D eigenvalue weighted by atomic mass is 16.2. The molecule has 0 aliphatic rings. The van der Waals surface area contributed by atoms with Gasteiger partial charge in [-0.3, -0.25) is 9.59 Å². The van der Waals surface area contributed by atoms with Crippen molar-refractivity contribution in [1.82, 2.24) is 19.8 Å². The summed E-state index contributed by atoms with van der Waals surface area (Å²) in [5.74, 6) is -0.763. The Kier molecular flexibility index (Phi) is 4.82. The molecule has 9 heteroatoms. The molecular weight excluding hydrogens is 312 g/mol. The Balaban J connectivity index is 2.13. The maximum atomic E-state index is 12.0. The first-order chi connectivity index (χ1) is 11.2. The predicted octanol–water partition coefficient (Wildman–Crippen LogP) is 0.289. The molecule has 128 valence electrons. The van der Waals surface area contributed by atoms with Gasteiger partial charge in [-0.05, 0) is 40.1 Å². The molecule has 0 unspecified atom stereocenters. The van der Waals surface area contributed by atoms with Crippen LogP contribution in [0.25, 0.3) is 5.69 Å². The predicted molar refractivity (Wildman–Crippen MR) is 87.5 cm³/mol. The number of benzene rings is 1. The Morgan fingerprint density at radius 3 is 2.33 bits per heavy atom. The van der Waals surface area contributed by atoms with Gasteiger partial charge in [-0.1, -0.05) is 20.8 Å². The molecule has 1 heterocycles. The first-order valence-corrected chi connectivity index (χ1v) is 7.37. The van der Waals surface area contributed by atoms with Crippen LogP contribution in [0.15, 0.2) is 29.1 Å². The lowest BCUT2D eigenvalue weighted by atomic mass is 9.92. The van der Waals surface area contributed by atoms with Gasteiger partial charge in [0, 0.05) is 12.1 Å². The van der Waals surface area contributed by atoms with E-state index in [2.05, 4.69) is 15.7 Å². The molecule has 0 atom stereocenters. The van der Waals surface area contributed by atoms with Crippen LogP contribution in [0.2, 0.25) is 0 Å². The quantitative estimate of drug-likeness (QED) is 0.814. The number of nitrogens with two attached hydrogens (primary N) is 1. The highest BCUT2D eigenvalue weighted by molar-refractivity contribution is 5.91. The van der Waals surface area contributed by atoms with Crippen LogP contribution in [0.3, 0.4) is 0 Å². The topological polar surface area (TPSA) is 125 Å². The van der Waals surface area contributed by atoms with Gasteiger partial charge in [-0.15, -0.1) is 0 Å². The van der Waals surface area contributed by atoms with Crippen LogP contribution >= 0.6 is 0 Å². The van der Waals surface area contributed by atoms with Gasteiger partial charge in [0.2, 0.25) is 11.8 Å². The summed E-state index contributed by atoms with van der Waals surface area (Å²) in [4.78, 5) is 34.8. The third kappa shape index (κ3) is 4.51. The second-order valence-corrected chi connectivity index (χ2v) is 6.63. The molecule has 0 bridgehead atoms. The van der Waals surface area contributed by atoms with Crippen molar-refractivity contribution >= 4 is 17.5 Å². The van der Waals surface area contributed by atoms with Crippen molar-refractivity contribution in [2.45, 2.75) is 33.7 Å². The SMILES string of the molecule is CC(C)(C)CC(=O)Nc1ccc(-n2nnn(CC(N)=O)c2=O)cc1. The van der Waals surface area contributed by atoms with Gasteiger partial charge in [-0.25, -0.2) is 4.79 Å². The molecule has 2 amide bonds. The van der Waals surface area contributed by atoms with Gasteiger partial charge < -0.3 is 11.1 Å². The average Bonchev–Trinajstić information content (AvgIpc) is 2.78. The van der Waals surface area contributed by atoms with Gasteiger partial charge in [0.1, 0.15) is 6.54 Å². The molecule has 3 N–H and O–H groups in total. The Morgan fingerprint density at radius 1 is 1.17 bits per heavy atom. The molecule has 0 aliphatic heterocycles. The summed E-state index contributed by atoms with van der Waals surface area (Å²) in [6, 6.07) is 6.57. The lowest BCUT2D eigenvalue weighted by Gasteiger charge is -2.17. The number of rotatable bonds is 5. The maximum absolute atomic E-state index is 12.0. The number of anilines is 1. The zero-order chi connectivity index (χ0) is 17.9. The van der Waals surface area contributed by atoms with Crippen molar-refractivity contribution in [3.63, 3.8) is 0 Å².